The molecule has 1 N–H and O–H groups in total. The molecule has 2 aromatic rings. The summed E-state index contributed by atoms with van der Waals surface area (Å²) in [6, 6.07) is 2.26. The molecule has 8 nitrogen and oxygen atoms in total. The molecule has 0 spiro atoms. The van der Waals surface area contributed by atoms with Crippen LogP contribution in [0.1, 0.15) is 12.1 Å². The molecular formula is C17H24ClN7O. The van der Waals surface area contributed by atoms with Crippen LogP contribution in [0.5, 0.6) is 0 Å². The van der Waals surface area contributed by atoms with Gasteiger partial charge in [0, 0.05) is 31.7 Å². The number of anilines is 2. The second-order valence-electron chi connectivity index (χ2n) is 7.28. The molecule has 9 heteroatoms. The third-order valence-electron chi connectivity index (χ3n) is 5.04. The molecule has 2 atom stereocenters. The summed E-state index contributed by atoms with van der Waals surface area (Å²) in [5, 5.41) is 15.1. The highest BCUT2D eigenvalue weighted by Crippen LogP contribution is 2.29. The number of nitrogens with zero attached hydrogens (tertiary/aromatic N) is 7. The summed E-state index contributed by atoms with van der Waals surface area (Å²) in [7, 11) is 4.10. The number of aliphatic hydroxyl groups is 1. The van der Waals surface area contributed by atoms with Gasteiger partial charge in [-0.15, -0.1) is 0 Å². The molecule has 2 aliphatic heterocycles. The summed E-state index contributed by atoms with van der Waals surface area (Å²) >= 11 is 6.25. The third kappa shape index (κ3) is 3.36. The van der Waals surface area contributed by atoms with Gasteiger partial charge in [0.25, 0.3) is 0 Å². The van der Waals surface area contributed by atoms with E-state index in [0.717, 1.165) is 43.4 Å². The molecule has 26 heavy (non-hydrogen) atoms. The van der Waals surface area contributed by atoms with E-state index in [1.54, 1.807) is 12.5 Å². The van der Waals surface area contributed by atoms with Gasteiger partial charge in [-0.25, -0.2) is 9.97 Å². The van der Waals surface area contributed by atoms with E-state index in [-0.39, 0.29) is 12.1 Å². The predicted octanol–water partition coefficient (Wildman–Crippen LogP) is 0.848. The van der Waals surface area contributed by atoms with Gasteiger partial charge >= 0.3 is 0 Å². The first kappa shape index (κ1) is 17.5. The molecule has 0 unspecified atom stereocenters. The van der Waals surface area contributed by atoms with Crippen molar-refractivity contribution in [2.24, 2.45) is 0 Å². The molecule has 0 aliphatic carbocycles. The van der Waals surface area contributed by atoms with E-state index in [1.807, 2.05) is 10.7 Å². The van der Waals surface area contributed by atoms with Gasteiger partial charge < -0.3 is 19.8 Å². The van der Waals surface area contributed by atoms with Crippen LogP contribution in [0.4, 0.5) is 11.6 Å². The zero-order valence-corrected chi connectivity index (χ0v) is 15.8. The lowest BCUT2D eigenvalue weighted by Crippen LogP contribution is -2.38. The molecule has 0 radical (unpaired) electrons. The molecule has 0 saturated carbocycles. The van der Waals surface area contributed by atoms with Crippen LogP contribution in [-0.2, 0) is 13.1 Å². The van der Waals surface area contributed by atoms with Crippen molar-refractivity contribution >= 4 is 23.2 Å². The van der Waals surface area contributed by atoms with Gasteiger partial charge in [0.15, 0.2) is 0 Å². The molecule has 2 aliphatic rings. The molecule has 1 fully saturated rings. The predicted molar refractivity (Wildman–Crippen MR) is 101 cm³/mol. The fraction of sp³-hybridized carbons (Fsp3) is 0.588. The van der Waals surface area contributed by atoms with Gasteiger partial charge in [0.05, 0.1) is 36.1 Å². The SMILES string of the molecule is CN(C)C[C@H]1C[C@@H](O)CN1c1cc(N2CCn3ncc(Cl)c3C2)ncn1. The highest BCUT2D eigenvalue weighted by Gasteiger charge is 2.32. The topological polar surface area (TPSA) is 73.6 Å². The molecule has 0 aromatic carbocycles. The van der Waals surface area contributed by atoms with Crippen molar-refractivity contribution in [1.29, 1.82) is 0 Å². The molecule has 2 aromatic heterocycles. The number of rotatable bonds is 4. The summed E-state index contributed by atoms with van der Waals surface area (Å²) in [6.45, 7) is 3.78. The quantitative estimate of drug-likeness (QED) is 0.846. The molecule has 0 amide bonds. The minimum absolute atomic E-state index is 0.250. The van der Waals surface area contributed by atoms with Crippen LogP contribution in [0, 0.1) is 0 Å². The van der Waals surface area contributed by atoms with Crippen LogP contribution in [0.25, 0.3) is 0 Å². The Hall–Kier alpha value is -1.90. The molecular weight excluding hydrogens is 354 g/mol. The van der Waals surface area contributed by atoms with Crippen molar-refractivity contribution < 1.29 is 5.11 Å². The first-order valence-corrected chi connectivity index (χ1v) is 9.25. The van der Waals surface area contributed by atoms with E-state index in [0.29, 0.717) is 18.1 Å². The monoisotopic (exact) mass is 377 g/mol. The van der Waals surface area contributed by atoms with Crippen LogP contribution in [0.3, 0.4) is 0 Å². The van der Waals surface area contributed by atoms with Crippen LogP contribution in [0.2, 0.25) is 5.02 Å². The van der Waals surface area contributed by atoms with Gasteiger partial charge in [-0.3, -0.25) is 4.68 Å². The number of aromatic nitrogens is 4. The summed E-state index contributed by atoms with van der Waals surface area (Å²) in [4.78, 5) is 15.5. The summed E-state index contributed by atoms with van der Waals surface area (Å²) in [6.07, 6.45) is 3.75. The van der Waals surface area contributed by atoms with Crippen molar-refractivity contribution in [3.05, 3.63) is 29.3 Å². The lowest BCUT2D eigenvalue weighted by Gasteiger charge is -2.31. The van der Waals surface area contributed by atoms with Crippen molar-refractivity contribution in [2.45, 2.75) is 31.7 Å². The smallest absolute Gasteiger partial charge is 0.134 e. The number of hydrogen-bond acceptors (Lipinski definition) is 7. The molecule has 140 valence electrons. The summed E-state index contributed by atoms with van der Waals surface area (Å²) < 4.78 is 1.95. The Morgan fingerprint density at radius 1 is 1.27 bits per heavy atom. The Morgan fingerprint density at radius 3 is 2.88 bits per heavy atom. The Kier molecular flexibility index (Phi) is 4.73. The number of likely N-dealkylation sites (N-methyl/N-ethyl adjacent to an activating group) is 1. The highest BCUT2D eigenvalue weighted by atomic mass is 35.5. The van der Waals surface area contributed by atoms with Crippen LogP contribution in [-0.4, -0.2) is 75.6 Å². The number of hydrogen-bond donors (Lipinski definition) is 1. The number of halogens is 1. The average Bonchev–Trinajstić information content (AvgIpc) is 3.17. The van der Waals surface area contributed by atoms with E-state index < -0.39 is 0 Å². The summed E-state index contributed by atoms with van der Waals surface area (Å²) in [5.74, 6) is 1.74. The lowest BCUT2D eigenvalue weighted by atomic mass is 10.2. The van der Waals surface area contributed by atoms with E-state index in [4.69, 9.17) is 11.6 Å². The first-order chi connectivity index (χ1) is 12.5. The average molecular weight is 378 g/mol. The van der Waals surface area contributed by atoms with Crippen molar-refractivity contribution in [2.75, 3.05) is 43.5 Å². The standard InChI is InChI=1S/C17H24ClN7O/c1-22(2)8-12-5-13(26)9-24(12)17-6-16(19-11-20-17)23-3-4-25-15(10-23)14(18)7-21-25/h6-7,11-13,26H,3-5,8-10H2,1-2H3/t12-,13-/m1/s1. The zero-order valence-electron chi connectivity index (χ0n) is 15.1. The van der Waals surface area contributed by atoms with Gasteiger partial charge in [-0.05, 0) is 20.5 Å². The highest BCUT2D eigenvalue weighted by molar-refractivity contribution is 6.31. The van der Waals surface area contributed by atoms with Gasteiger partial charge in [-0.2, -0.15) is 5.10 Å². The third-order valence-corrected chi connectivity index (χ3v) is 5.36. The van der Waals surface area contributed by atoms with Crippen LogP contribution >= 0.6 is 11.6 Å². The Bertz CT molecular complexity index is 780. The Morgan fingerprint density at radius 2 is 2.08 bits per heavy atom. The van der Waals surface area contributed by atoms with E-state index >= 15 is 0 Å². The van der Waals surface area contributed by atoms with Crippen molar-refractivity contribution in [1.82, 2.24) is 24.6 Å². The maximum Gasteiger partial charge on any atom is 0.134 e. The van der Waals surface area contributed by atoms with Crippen molar-refractivity contribution in [3.63, 3.8) is 0 Å². The van der Waals surface area contributed by atoms with Crippen molar-refractivity contribution in [3.8, 4) is 0 Å². The van der Waals surface area contributed by atoms with Gasteiger partial charge in [-0.1, -0.05) is 11.6 Å². The second kappa shape index (κ2) is 7.02. The largest absolute Gasteiger partial charge is 0.391 e. The Balaban J connectivity index is 1.56. The van der Waals surface area contributed by atoms with Crippen LogP contribution < -0.4 is 9.80 Å². The first-order valence-electron chi connectivity index (χ1n) is 8.88. The molecule has 1 saturated heterocycles. The van der Waals surface area contributed by atoms with Gasteiger partial charge in [0.1, 0.15) is 18.0 Å². The second-order valence-corrected chi connectivity index (χ2v) is 7.68. The normalized spacial score (nSPS) is 23.0. The number of aliphatic hydroxyl groups excluding tert-OH is 1. The minimum Gasteiger partial charge on any atom is -0.391 e. The Labute approximate surface area is 158 Å². The zero-order chi connectivity index (χ0) is 18.3. The number of β-amino-alcohol motifs (C(OH)–C–C–N with tert-alkyl or cyclic N) is 1. The van der Waals surface area contributed by atoms with E-state index in [1.165, 1.54) is 0 Å². The molecule has 4 heterocycles. The van der Waals surface area contributed by atoms with E-state index in [9.17, 15) is 5.11 Å². The number of fused-ring (bicyclic) bond motifs is 1. The minimum atomic E-state index is -0.318. The fourth-order valence-corrected chi connectivity index (χ4v) is 4.04. The molecule has 4 rings (SSSR count). The van der Waals surface area contributed by atoms with E-state index in [2.05, 4.69) is 43.9 Å². The molecule has 0 bridgehead atoms. The fourth-order valence-electron chi connectivity index (χ4n) is 3.84. The van der Waals surface area contributed by atoms with Gasteiger partial charge in [0.2, 0.25) is 0 Å². The lowest BCUT2D eigenvalue weighted by molar-refractivity contribution is 0.191. The maximum atomic E-state index is 10.1. The maximum absolute atomic E-state index is 10.1. The summed E-state index contributed by atoms with van der Waals surface area (Å²) in [5.41, 5.74) is 1.01. The van der Waals surface area contributed by atoms with Crippen LogP contribution in [0.15, 0.2) is 18.6 Å².